The lowest BCUT2D eigenvalue weighted by Gasteiger charge is -2.04. The zero-order valence-corrected chi connectivity index (χ0v) is 10.1. The molecule has 0 aliphatic carbocycles. The largest absolute Gasteiger partial charge is 0.314 e. The van der Waals surface area contributed by atoms with Crippen molar-refractivity contribution >= 4 is 11.3 Å². The molecule has 2 N–H and O–H groups in total. The van der Waals surface area contributed by atoms with E-state index >= 15 is 0 Å². The summed E-state index contributed by atoms with van der Waals surface area (Å²) in [4.78, 5) is 0. The van der Waals surface area contributed by atoms with Crippen LogP contribution in [0.5, 0.6) is 0 Å². The molecule has 0 aliphatic rings. The van der Waals surface area contributed by atoms with Crippen LogP contribution >= 0.6 is 11.3 Å². The summed E-state index contributed by atoms with van der Waals surface area (Å²) in [6.07, 6.45) is 2.55. The Kier molecular flexibility index (Phi) is 3.58. The van der Waals surface area contributed by atoms with Crippen molar-refractivity contribution < 1.29 is 0 Å². The fourth-order valence-corrected chi connectivity index (χ4v) is 2.02. The maximum atomic E-state index is 4.12. The van der Waals surface area contributed by atoms with Gasteiger partial charge in [0.25, 0.3) is 0 Å². The number of rotatable bonds is 5. The lowest BCUT2D eigenvalue weighted by molar-refractivity contribution is 0.588. The Labute approximate surface area is 97.5 Å². The van der Waals surface area contributed by atoms with Crippen LogP contribution in [0.1, 0.15) is 18.9 Å². The molecule has 0 atom stereocenters. The van der Waals surface area contributed by atoms with Gasteiger partial charge in [-0.2, -0.15) is 15.4 Å². The summed E-state index contributed by atoms with van der Waals surface area (Å²) in [5.74, 6) is 0. The number of hydrogen-bond donors (Lipinski definition) is 2. The van der Waals surface area contributed by atoms with E-state index in [0.29, 0.717) is 6.04 Å². The van der Waals surface area contributed by atoms with Gasteiger partial charge in [0.05, 0.1) is 6.20 Å². The molecule has 0 aliphatic heterocycles. The van der Waals surface area contributed by atoms with E-state index in [1.807, 2.05) is 0 Å². The molecule has 6 nitrogen and oxygen atoms in total. The molecule has 0 spiro atoms. The van der Waals surface area contributed by atoms with Gasteiger partial charge in [-0.25, -0.2) is 0 Å². The number of hydrogen-bond acceptors (Lipinski definition) is 6. The Hall–Kier alpha value is -1.34. The quantitative estimate of drug-likeness (QED) is 0.807. The second-order valence-electron chi connectivity index (χ2n) is 3.72. The first kappa shape index (κ1) is 11.2. The molecule has 0 radical (unpaired) electrons. The van der Waals surface area contributed by atoms with Crippen LogP contribution < -0.4 is 5.32 Å². The SMILES string of the molecule is CC(C)NCCc1nnc(-c2cn[nH]n2)s1. The monoisotopic (exact) mass is 238 g/mol. The maximum absolute atomic E-state index is 4.12. The molecule has 0 aromatic carbocycles. The smallest absolute Gasteiger partial charge is 0.169 e. The minimum atomic E-state index is 0.503. The number of aromatic amines is 1. The predicted molar refractivity (Wildman–Crippen MR) is 62.1 cm³/mol. The standard InChI is InChI=1S/C9H14N6S/c1-6(2)10-4-3-8-13-14-9(16-8)7-5-11-15-12-7/h5-6,10H,3-4H2,1-2H3,(H,11,12,15). The minimum Gasteiger partial charge on any atom is -0.314 e. The predicted octanol–water partition coefficient (Wildman–Crippen LogP) is 0.864. The van der Waals surface area contributed by atoms with Crippen molar-refractivity contribution in [3.8, 4) is 10.7 Å². The molecule has 0 bridgehead atoms. The molecule has 86 valence electrons. The van der Waals surface area contributed by atoms with E-state index in [4.69, 9.17) is 0 Å². The molecular weight excluding hydrogens is 224 g/mol. The minimum absolute atomic E-state index is 0.503. The van der Waals surface area contributed by atoms with E-state index in [2.05, 4.69) is 44.8 Å². The molecule has 7 heteroatoms. The van der Waals surface area contributed by atoms with Crippen LogP contribution in [0, 0.1) is 0 Å². The summed E-state index contributed by atoms with van der Waals surface area (Å²) in [6, 6.07) is 0.503. The topological polar surface area (TPSA) is 79.4 Å². The lowest BCUT2D eigenvalue weighted by Crippen LogP contribution is -2.24. The van der Waals surface area contributed by atoms with Gasteiger partial charge >= 0.3 is 0 Å². The van der Waals surface area contributed by atoms with Crippen LogP contribution in [0.15, 0.2) is 6.20 Å². The average Bonchev–Trinajstić information content (AvgIpc) is 2.85. The highest BCUT2D eigenvalue weighted by molar-refractivity contribution is 7.14. The molecule has 16 heavy (non-hydrogen) atoms. The van der Waals surface area contributed by atoms with Gasteiger partial charge in [0.1, 0.15) is 10.7 Å². The van der Waals surface area contributed by atoms with Gasteiger partial charge in [0.2, 0.25) is 0 Å². The summed E-state index contributed by atoms with van der Waals surface area (Å²) in [5.41, 5.74) is 0.751. The molecule has 0 amide bonds. The summed E-state index contributed by atoms with van der Waals surface area (Å²) < 4.78 is 0. The zero-order chi connectivity index (χ0) is 11.4. The van der Waals surface area contributed by atoms with Gasteiger partial charge in [-0.3, -0.25) is 0 Å². The van der Waals surface area contributed by atoms with Gasteiger partial charge in [-0.05, 0) is 0 Å². The van der Waals surface area contributed by atoms with Crippen LogP contribution in [-0.4, -0.2) is 38.2 Å². The van der Waals surface area contributed by atoms with Crippen molar-refractivity contribution in [1.29, 1.82) is 0 Å². The first-order valence-electron chi connectivity index (χ1n) is 5.17. The molecule has 2 aromatic heterocycles. The second kappa shape index (κ2) is 5.13. The Balaban J connectivity index is 1.93. The number of aromatic nitrogens is 5. The third-order valence-electron chi connectivity index (χ3n) is 1.99. The maximum Gasteiger partial charge on any atom is 0.169 e. The summed E-state index contributed by atoms with van der Waals surface area (Å²) in [5, 5.41) is 23.6. The van der Waals surface area contributed by atoms with Gasteiger partial charge < -0.3 is 5.32 Å². The highest BCUT2D eigenvalue weighted by Crippen LogP contribution is 2.20. The molecular formula is C9H14N6S. The average molecular weight is 238 g/mol. The van der Waals surface area contributed by atoms with E-state index in [-0.39, 0.29) is 0 Å². The molecule has 0 fully saturated rings. The molecule has 2 aromatic rings. The molecule has 0 saturated heterocycles. The summed E-state index contributed by atoms with van der Waals surface area (Å²) in [7, 11) is 0. The van der Waals surface area contributed by atoms with Crippen molar-refractivity contribution in [2.45, 2.75) is 26.3 Å². The highest BCUT2D eigenvalue weighted by Gasteiger charge is 2.08. The van der Waals surface area contributed by atoms with Gasteiger partial charge in [-0.1, -0.05) is 25.2 Å². The number of nitrogens with one attached hydrogen (secondary N) is 2. The summed E-state index contributed by atoms with van der Waals surface area (Å²) >= 11 is 1.56. The van der Waals surface area contributed by atoms with Crippen molar-refractivity contribution in [2.24, 2.45) is 0 Å². The van der Waals surface area contributed by atoms with E-state index in [1.165, 1.54) is 0 Å². The van der Waals surface area contributed by atoms with Crippen LogP contribution in [0.3, 0.4) is 0 Å². The van der Waals surface area contributed by atoms with Crippen molar-refractivity contribution in [3.05, 3.63) is 11.2 Å². The third kappa shape index (κ3) is 2.83. The Morgan fingerprint density at radius 3 is 3.00 bits per heavy atom. The van der Waals surface area contributed by atoms with Crippen LogP contribution in [0.4, 0.5) is 0 Å². The van der Waals surface area contributed by atoms with Crippen molar-refractivity contribution in [3.63, 3.8) is 0 Å². The zero-order valence-electron chi connectivity index (χ0n) is 9.27. The molecule has 2 rings (SSSR count). The van der Waals surface area contributed by atoms with E-state index in [0.717, 1.165) is 28.7 Å². The fourth-order valence-electron chi connectivity index (χ4n) is 1.23. The Morgan fingerprint density at radius 2 is 2.31 bits per heavy atom. The van der Waals surface area contributed by atoms with E-state index in [9.17, 15) is 0 Å². The number of nitrogens with zero attached hydrogens (tertiary/aromatic N) is 4. The van der Waals surface area contributed by atoms with E-state index < -0.39 is 0 Å². The van der Waals surface area contributed by atoms with Crippen LogP contribution in [0.2, 0.25) is 0 Å². The number of H-pyrrole nitrogens is 1. The van der Waals surface area contributed by atoms with Crippen LogP contribution in [-0.2, 0) is 6.42 Å². The summed E-state index contributed by atoms with van der Waals surface area (Å²) in [6.45, 7) is 5.17. The van der Waals surface area contributed by atoms with Crippen molar-refractivity contribution in [2.75, 3.05) is 6.54 Å². The Bertz CT molecular complexity index is 421. The lowest BCUT2D eigenvalue weighted by atomic mass is 10.3. The third-order valence-corrected chi connectivity index (χ3v) is 3.00. The normalized spacial score (nSPS) is 11.2. The second-order valence-corrected chi connectivity index (χ2v) is 4.78. The van der Waals surface area contributed by atoms with Gasteiger partial charge in [0, 0.05) is 19.0 Å². The Morgan fingerprint density at radius 1 is 1.44 bits per heavy atom. The van der Waals surface area contributed by atoms with E-state index in [1.54, 1.807) is 17.5 Å². The molecule has 0 unspecified atom stereocenters. The molecule has 0 saturated carbocycles. The van der Waals surface area contributed by atoms with Gasteiger partial charge in [-0.15, -0.1) is 10.2 Å². The fraction of sp³-hybridized carbons (Fsp3) is 0.556. The first-order valence-corrected chi connectivity index (χ1v) is 5.99. The molecule has 2 heterocycles. The van der Waals surface area contributed by atoms with Crippen molar-refractivity contribution in [1.82, 2.24) is 30.9 Å². The highest BCUT2D eigenvalue weighted by atomic mass is 32.1. The van der Waals surface area contributed by atoms with Crippen LogP contribution in [0.25, 0.3) is 10.7 Å². The first-order chi connectivity index (χ1) is 7.75. The van der Waals surface area contributed by atoms with Gasteiger partial charge in [0.15, 0.2) is 5.01 Å².